The first kappa shape index (κ1) is 16.0. The van der Waals surface area contributed by atoms with Gasteiger partial charge in [0.15, 0.2) is 5.13 Å². The highest BCUT2D eigenvalue weighted by atomic mass is 32.1. The molecule has 1 aromatic heterocycles. The van der Waals surface area contributed by atoms with Crippen LogP contribution in [0.5, 0.6) is 0 Å². The highest BCUT2D eigenvalue weighted by Gasteiger charge is 2.34. The third-order valence-electron chi connectivity index (χ3n) is 4.02. The molecule has 0 spiro atoms. The van der Waals surface area contributed by atoms with Gasteiger partial charge in [0, 0.05) is 20.1 Å². The predicted molar refractivity (Wildman–Crippen MR) is 83.6 cm³/mol. The molecule has 0 bridgehead atoms. The number of aromatic nitrogens is 1. The van der Waals surface area contributed by atoms with Crippen molar-refractivity contribution in [3.05, 3.63) is 23.8 Å². The molecule has 4 nitrogen and oxygen atoms in total. The lowest BCUT2D eigenvalue weighted by Gasteiger charge is -2.31. The number of para-hydroxylation sites is 1. The second-order valence-corrected chi connectivity index (χ2v) is 6.56. The van der Waals surface area contributed by atoms with Gasteiger partial charge in [0.05, 0.1) is 21.7 Å². The topological polar surface area (TPSA) is 45.2 Å². The number of amides is 1. The first-order valence-corrected chi connectivity index (χ1v) is 8.15. The van der Waals surface area contributed by atoms with E-state index in [0.29, 0.717) is 22.9 Å². The Labute approximate surface area is 135 Å². The van der Waals surface area contributed by atoms with Crippen LogP contribution in [0.15, 0.2) is 18.2 Å². The van der Waals surface area contributed by atoms with Gasteiger partial charge in [0.25, 0.3) is 0 Å². The van der Waals surface area contributed by atoms with Gasteiger partial charge in [-0.2, -0.15) is 13.2 Å². The fourth-order valence-electron chi connectivity index (χ4n) is 2.87. The van der Waals surface area contributed by atoms with E-state index < -0.39 is 11.7 Å². The Kier molecular flexibility index (Phi) is 4.18. The number of thiazole rings is 1. The van der Waals surface area contributed by atoms with E-state index >= 15 is 0 Å². The minimum absolute atomic E-state index is 0.0120. The van der Waals surface area contributed by atoms with Crippen molar-refractivity contribution in [3.8, 4) is 0 Å². The normalized spacial score (nSPS) is 19.1. The van der Waals surface area contributed by atoms with E-state index in [1.54, 1.807) is 13.1 Å². The first-order chi connectivity index (χ1) is 10.9. The number of rotatable bonds is 2. The molecule has 8 heteroatoms. The number of hydrogen-bond donors (Lipinski definition) is 1. The molecule has 0 saturated carbocycles. The number of anilines is 1. The van der Waals surface area contributed by atoms with Crippen molar-refractivity contribution >= 4 is 32.6 Å². The van der Waals surface area contributed by atoms with Gasteiger partial charge >= 0.3 is 6.18 Å². The fraction of sp³-hybridized carbons (Fsp3) is 0.467. The number of carbonyl (C=O) groups is 1. The van der Waals surface area contributed by atoms with Gasteiger partial charge in [-0.15, -0.1) is 0 Å². The van der Waals surface area contributed by atoms with Gasteiger partial charge in [0.1, 0.15) is 0 Å². The SMILES string of the molecule is CNC(=O)C1CCCN(c2nc3c(C(F)(F)F)cccc3s2)C1. The number of nitrogens with one attached hydrogen (secondary N) is 1. The molecule has 1 saturated heterocycles. The van der Waals surface area contributed by atoms with Gasteiger partial charge in [-0.25, -0.2) is 4.98 Å². The maximum absolute atomic E-state index is 13.1. The number of benzene rings is 1. The summed E-state index contributed by atoms with van der Waals surface area (Å²) in [5.41, 5.74) is -0.723. The average Bonchev–Trinajstić information content (AvgIpc) is 2.97. The third kappa shape index (κ3) is 3.12. The molecule has 1 atom stereocenters. The van der Waals surface area contributed by atoms with Crippen molar-refractivity contribution < 1.29 is 18.0 Å². The Morgan fingerprint density at radius 3 is 2.91 bits per heavy atom. The molecule has 1 aromatic carbocycles. The van der Waals surface area contributed by atoms with Crippen molar-refractivity contribution in [1.82, 2.24) is 10.3 Å². The summed E-state index contributed by atoms with van der Waals surface area (Å²) in [5.74, 6) is -0.186. The monoisotopic (exact) mass is 343 g/mol. The van der Waals surface area contributed by atoms with Crippen LogP contribution in [0.25, 0.3) is 10.2 Å². The fourth-order valence-corrected chi connectivity index (χ4v) is 3.90. The Bertz CT molecular complexity index is 728. The van der Waals surface area contributed by atoms with Crippen LogP contribution >= 0.6 is 11.3 Å². The van der Waals surface area contributed by atoms with E-state index in [1.807, 2.05) is 4.90 Å². The molecule has 2 aromatic rings. The maximum Gasteiger partial charge on any atom is 0.418 e. The molecular formula is C15H16F3N3OS. The molecule has 1 aliphatic rings. The molecule has 1 N–H and O–H groups in total. The second kappa shape index (κ2) is 5.99. The molecule has 0 aliphatic carbocycles. The summed E-state index contributed by atoms with van der Waals surface area (Å²) in [5, 5.41) is 3.18. The van der Waals surface area contributed by atoms with Crippen LogP contribution in [0.3, 0.4) is 0 Å². The lowest BCUT2D eigenvalue weighted by molar-refractivity contribution is -0.136. The summed E-state index contributed by atoms with van der Waals surface area (Å²) >= 11 is 1.24. The van der Waals surface area contributed by atoms with Gasteiger partial charge in [-0.3, -0.25) is 4.79 Å². The van der Waals surface area contributed by atoms with Crippen LogP contribution in [-0.2, 0) is 11.0 Å². The zero-order chi connectivity index (χ0) is 16.6. The number of carbonyl (C=O) groups excluding carboxylic acids is 1. The average molecular weight is 343 g/mol. The smallest absolute Gasteiger partial charge is 0.359 e. The highest BCUT2D eigenvalue weighted by molar-refractivity contribution is 7.22. The number of piperidine rings is 1. The summed E-state index contributed by atoms with van der Waals surface area (Å²) < 4.78 is 39.8. The van der Waals surface area contributed by atoms with Crippen molar-refractivity contribution in [3.63, 3.8) is 0 Å². The van der Waals surface area contributed by atoms with Gasteiger partial charge in [0.2, 0.25) is 5.91 Å². The number of fused-ring (bicyclic) bond motifs is 1. The van der Waals surface area contributed by atoms with Crippen molar-refractivity contribution in [2.24, 2.45) is 5.92 Å². The van der Waals surface area contributed by atoms with Crippen LogP contribution in [0, 0.1) is 5.92 Å². The first-order valence-electron chi connectivity index (χ1n) is 7.33. The molecule has 1 amide bonds. The van der Waals surface area contributed by atoms with Gasteiger partial charge in [-0.1, -0.05) is 17.4 Å². The molecule has 1 aliphatic heterocycles. The van der Waals surface area contributed by atoms with Crippen LogP contribution < -0.4 is 10.2 Å². The second-order valence-electron chi connectivity index (χ2n) is 5.55. The molecule has 3 rings (SSSR count). The molecular weight excluding hydrogens is 327 g/mol. The third-order valence-corrected chi connectivity index (χ3v) is 5.10. The minimum Gasteiger partial charge on any atom is -0.359 e. The zero-order valence-corrected chi connectivity index (χ0v) is 13.3. The van der Waals surface area contributed by atoms with E-state index in [9.17, 15) is 18.0 Å². The van der Waals surface area contributed by atoms with E-state index in [1.165, 1.54) is 17.4 Å². The summed E-state index contributed by atoms with van der Waals surface area (Å²) in [6.45, 7) is 1.19. The Morgan fingerprint density at radius 2 is 2.22 bits per heavy atom. The predicted octanol–water partition coefficient (Wildman–Crippen LogP) is 3.28. The molecule has 124 valence electrons. The van der Waals surface area contributed by atoms with Crippen LogP contribution in [0.2, 0.25) is 0 Å². The lowest BCUT2D eigenvalue weighted by Crippen LogP contribution is -2.42. The maximum atomic E-state index is 13.1. The highest BCUT2D eigenvalue weighted by Crippen LogP contribution is 2.39. The van der Waals surface area contributed by atoms with Crippen molar-refractivity contribution in [2.75, 3.05) is 25.0 Å². The van der Waals surface area contributed by atoms with Crippen LogP contribution in [0.1, 0.15) is 18.4 Å². The summed E-state index contributed by atoms with van der Waals surface area (Å²) in [7, 11) is 1.59. The van der Waals surface area contributed by atoms with E-state index in [0.717, 1.165) is 18.9 Å². The lowest BCUT2D eigenvalue weighted by atomic mass is 9.98. The van der Waals surface area contributed by atoms with Crippen molar-refractivity contribution in [1.29, 1.82) is 0 Å². The van der Waals surface area contributed by atoms with E-state index in [2.05, 4.69) is 10.3 Å². The Balaban J connectivity index is 1.93. The Hall–Kier alpha value is -1.83. The molecule has 0 radical (unpaired) electrons. The van der Waals surface area contributed by atoms with Crippen molar-refractivity contribution in [2.45, 2.75) is 19.0 Å². The van der Waals surface area contributed by atoms with Gasteiger partial charge in [-0.05, 0) is 25.0 Å². The summed E-state index contributed by atoms with van der Waals surface area (Å²) in [6, 6.07) is 4.10. The zero-order valence-electron chi connectivity index (χ0n) is 12.5. The number of nitrogens with zero attached hydrogens (tertiary/aromatic N) is 2. The number of halogens is 3. The Morgan fingerprint density at radius 1 is 1.43 bits per heavy atom. The van der Waals surface area contributed by atoms with Gasteiger partial charge < -0.3 is 10.2 Å². The molecule has 1 fully saturated rings. The minimum atomic E-state index is -4.42. The summed E-state index contributed by atoms with van der Waals surface area (Å²) in [4.78, 5) is 17.9. The number of hydrogen-bond acceptors (Lipinski definition) is 4. The molecule has 1 unspecified atom stereocenters. The standard InChI is InChI=1S/C15H16F3N3OS/c1-19-13(22)9-4-3-7-21(8-9)14-20-12-10(15(16,17)18)5-2-6-11(12)23-14/h2,5-6,9H,3-4,7-8H2,1H3,(H,19,22). The molecule has 2 heterocycles. The van der Waals surface area contributed by atoms with E-state index in [4.69, 9.17) is 0 Å². The quantitative estimate of drug-likeness (QED) is 0.910. The summed E-state index contributed by atoms with van der Waals surface area (Å²) in [6.07, 6.45) is -2.81. The van der Waals surface area contributed by atoms with Crippen LogP contribution in [0.4, 0.5) is 18.3 Å². The largest absolute Gasteiger partial charge is 0.418 e. The number of alkyl halides is 3. The molecule has 23 heavy (non-hydrogen) atoms. The van der Waals surface area contributed by atoms with Crippen LogP contribution in [-0.4, -0.2) is 31.0 Å². The van der Waals surface area contributed by atoms with E-state index in [-0.39, 0.29) is 17.3 Å².